The summed E-state index contributed by atoms with van der Waals surface area (Å²) in [6.07, 6.45) is 0. The van der Waals surface area contributed by atoms with Crippen LogP contribution in [0.1, 0.15) is 69.9 Å². The lowest BCUT2D eigenvalue weighted by molar-refractivity contribution is 0.590. The van der Waals surface area contributed by atoms with Gasteiger partial charge in [0.15, 0.2) is 5.82 Å². The maximum atomic E-state index is 11.0. The Morgan fingerprint density at radius 3 is 1.46 bits per heavy atom. The monoisotopic (exact) mass is 652 g/mol. The van der Waals surface area contributed by atoms with Crippen molar-refractivity contribution in [3.05, 3.63) is 125 Å². The van der Waals surface area contributed by atoms with E-state index in [4.69, 9.17) is 9.97 Å². The van der Waals surface area contributed by atoms with E-state index in [9.17, 15) is 5.26 Å². The van der Waals surface area contributed by atoms with Gasteiger partial charge >= 0.3 is 0 Å². The molecule has 0 amide bonds. The highest BCUT2D eigenvalue weighted by Crippen LogP contribution is 2.41. The third-order valence-corrected chi connectivity index (χ3v) is 9.90. The van der Waals surface area contributed by atoms with Crippen molar-refractivity contribution < 1.29 is 0 Å². The minimum Gasteiger partial charge on any atom is -0.308 e. The number of nitriles is 1. The zero-order chi connectivity index (χ0) is 35.1. The molecule has 246 valence electrons. The highest BCUT2D eigenvalue weighted by Gasteiger charge is 2.25. The SMILES string of the molecule is Cc1nc(C)nc(-c2cc(-n3c4ccccc4c4ccc(C(C)(C)C)cc43)c(C#N)cc2-n2c3ccccc3c3ccc(C(C)(C)C)cc32)n1. The van der Waals surface area contributed by atoms with Crippen LogP contribution in [-0.4, -0.2) is 24.1 Å². The van der Waals surface area contributed by atoms with Gasteiger partial charge in [-0.25, -0.2) is 15.0 Å². The molecule has 0 aliphatic carbocycles. The smallest absolute Gasteiger partial charge is 0.165 e. The Morgan fingerprint density at radius 1 is 0.520 bits per heavy atom. The number of nitrogens with zero attached hydrogens (tertiary/aromatic N) is 6. The molecule has 0 spiro atoms. The van der Waals surface area contributed by atoms with Gasteiger partial charge in [0.25, 0.3) is 0 Å². The Bertz CT molecular complexity index is 2680. The van der Waals surface area contributed by atoms with Gasteiger partial charge in [0, 0.05) is 27.1 Å². The van der Waals surface area contributed by atoms with Gasteiger partial charge in [-0.2, -0.15) is 5.26 Å². The Morgan fingerprint density at radius 2 is 0.980 bits per heavy atom. The average Bonchev–Trinajstić information content (AvgIpc) is 3.58. The average molecular weight is 653 g/mol. The van der Waals surface area contributed by atoms with E-state index in [1.165, 1.54) is 11.1 Å². The van der Waals surface area contributed by atoms with Gasteiger partial charge in [0.1, 0.15) is 17.7 Å². The lowest BCUT2D eigenvalue weighted by Crippen LogP contribution is -2.11. The Hall–Kier alpha value is -5.80. The van der Waals surface area contributed by atoms with Crippen LogP contribution in [0.3, 0.4) is 0 Å². The Labute approximate surface area is 292 Å². The Kier molecular flexibility index (Phi) is 6.99. The molecular weight excluding hydrogens is 613 g/mol. The molecule has 0 fully saturated rings. The summed E-state index contributed by atoms with van der Waals surface area (Å²) in [5.41, 5.74) is 9.62. The molecule has 0 saturated carbocycles. The first-order valence-corrected chi connectivity index (χ1v) is 17.2. The highest BCUT2D eigenvalue weighted by molar-refractivity contribution is 6.11. The number of aryl methyl sites for hydroxylation is 2. The predicted molar refractivity (Wildman–Crippen MR) is 206 cm³/mol. The third kappa shape index (κ3) is 4.96. The van der Waals surface area contributed by atoms with Crippen molar-refractivity contribution in [2.45, 2.75) is 66.2 Å². The summed E-state index contributed by atoms with van der Waals surface area (Å²) in [5, 5.41) is 15.6. The van der Waals surface area contributed by atoms with E-state index in [-0.39, 0.29) is 10.8 Å². The molecule has 5 aromatic carbocycles. The van der Waals surface area contributed by atoms with Crippen LogP contribution >= 0.6 is 0 Å². The van der Waals surface area contributed by atoms with Crippen molar-refractivity contribution in [3.63, 3.8) is 0 Å². The maximum absolute atomic E-state index is 11.0. The number of hydrogen-bond donors (Lipinski definition) is 0. The lowest BCUT2D eigenvalue weighted by Gasteiger charge is -2.21. The van der Waals surface area contributed by atoms with Crippen molar-refractivity contribution in [2.75, 3.05) is 0 Å². The van der Waals surface area contributed by atoms with E-state index in [0.29, 0.717) is 23.0 Å². The predicted octanol–water partition coefficient (Wildman–Crippen LogP) is 10.8. The van der Waals surface area contributed by atoms with Crippen LogP contribution < -0.4 is 0 Å². The van der Waals surface area contributed by atoms with Crippen molar-refractivity contribution in [1.29, 1.82) is 5.26 Å². The van der Waals surface area contributed by atoms with E-state index < -0.39 is 0 Å². The second kappa shape index (κ2) is 11.1. The number of aromatic nitrogens is 5. The number of hydrogen-bond acceptors (Lipinski definition) is 4. The topological polar surface area (TPSA) is 72.3 Å². The van der Waals surface area contributed by atoms with E-state index in [1.807, 2.05) is 19.9 Å². The molecule has 0 N–H and O–H groups in total. The molecule has 6 heteroatoms. The molecule has 0 aliphatic heterocycles. The summed E-state index contributed by atoms with van der Waals surface area (Å²) < 4.78 is 4.54. The second-order valence-corrected chi connectivity index (χ2v) is 15.4. The third-order valence-electron chi connectivity index (χ3n) is 9.90. The van der Waals surface area contributed by atoms with E-state index in [1.54, 1.807) is 0 Å². The molecule has 50 heavy (non-hydrogen) atoms. The van der Waals surface area contributed by atoms with E-state index in [2.05, 4.69) is 153 Å². The largest absolute Gasteiger partial charge is 0.308 e. The second-order valence-electron chi connectivity index (χ2n) is 15.4. The van der Waals surface area contributed by atoms with Crippen LogP contribution in [0.15, 0.2) is 97.1 Å². The Balaban J connectivity index is 1.54. The van der Waals surface area contributed by atoms with Gasteiger partial charge in [0.05, 0.1) is 39.0 Å². The number of para-hydroxylation sites is 2. The van der Waals surface area contributed by atoms with Crippen LogP contribution in [0.2, 0.25) is 0 Å². The van der Waals surface area contributed by atoms with Crippen LogP contribution in [0.5, 0.6) is 0 Å². The molecule has 0 atom stereocenters. The number of fused-ring (bicyclic) bond motifs is 6. The van der Waals surface area contributed by atoms with Crippen LogP contribution in [0, 0.1) is 25.2 Å². The fourth-order valence-electron chi connectivity index (χ4n) is 7.34. The molecule has 0 unspecified atom stereocenters. The molecule has 0 radical (unpaired) electrons. The van der Waals surface area contributed by atoms with Gasteiger partial charge in [0.2, 0.25) is 0 Å². The molecule has 6 nitrogen and oxygen atoms in total. The van der Waals surface area contributed by atoms with Gasteiger partial charge in [-0.3, -0.25) is 0 Å². The summed E-state index contributed by atoms with van der Waals surface area (Å²) in [7, 11) is 0. The first kappa shape index (κ1) is 31.5. The number of rotatable bonds is 3. The van der Waals surface area contributed by atoms with E-state index >= 15 is 0 Å². The van der Waals surface area contributed by atoms with Crippen molar-refractivity contribution in [1.82, 2.24) is 24.1 Å². The first-order valence-electron chi connectivity index (χ1n) is 17.2. The maximum Gasteiger partial charge on any atom is 0.165 e. The first-order chi connectivity index (χ1) is 23.8. The van der Waals surface area contributed by atoms with Crippen LogP contribution in [0.25, 0.3) is 66.4 Å². The van der Waals surface area contributed by atoms with Gasteiger partial charge in [-0.1, -0.05) is 102 Å². The van der Waals surface area contributed by atoms with Crippen LogP contribution in [0.4, 0.5) is 0 Å². The van der Waals surface area contributed by atoms with E-state index in [0.717, 1.165) is 60.5 Å². The normalized spacial score (nSPS) is 12.4. The molecule has 0 saturated heterocycles. The molecule has 8 aromatic rings. The molecule has 0 aliphatic rings. The van der Waals surface area contributed by atoms with Crippen molar-refractivity contribution in [2.24, 2.45) is 0 Å². The molecular formula is C44H40N6. The molecule has 0 bridgehead atoms. The minimum atomic E-state index is -0.0507. The fourth-order valence-corrected chi connectivity index (χ4v) is 7.34. The molecule has 3 aromatic heterocycles. The minimum absolute atomic E-state index is 0.0507. The zero-order valence-corrected chi connectivity index (χ0v) is 29.9. The zero-order valence-electron chi connectivity index (χ0n) is 29.9. The fraction of sp³-hybridized carbons (Fsp3) is 0.227. The van der Waals surface area contributed by atoms with Crippen molar-refractivity contribution >= 4 is 43.6 Å². The van der Waals surface area contributed by atoms with Crippen molar-refractivity contribution in [3.8, 4) is 28.8 Å². The van der Waals surface area contributed by atoms with Gasteiger partial charge in [-0.05, 0) is 72.2 Å². The van der Waals surface area contributed by atoms with Crippen LogP contribution in [-0.2, 0) is 10.8 Å². The summed E-state index contributed by atoms with van der Waals surface area (Å²) in [6.45, 7) is 17.2. The quantitative estimate of drug-likeness (QED) is 0.190. The standard InChI is InChI=1S/C44H40N6/c1-26-46-27(2)48-42(47-26)35-24-38(49-36-15-11-9-13-31(36)33-19-17-29(22-40(33)49)43(3,4)5)28(25-45)21-39(35)50-37-16-12-10-14-32(37)34-20-18-30(23-41(34)50)44(6,7)8/h9-24H,1-8H3. The molecule has 8 rings (SSSR count). The highest BCUT2D eigenvalue weighted by atomic mass is 15.1. The summed E-state index contributed by atoms with van der Waals surface area (Å²) in [6, 6.07) is 37.2. The van der Waals surface area contributed by atoms with Gasteiger partial charge < -0.3 is 9.13 Å². The van der Waals surface area contributed by atoms with Gasteiger partial charge in [-0.15, -0.1) is 0 Å². The summed E-state index contributed by atoms with van der Waals surface area (Å²) in [5.74, 6) is 1.87. The summed E-state index contributed by atoms with van der Waals surface area (Å²) >= 11 is 0. The summed E-state index contributed by atoms with van der Waals surface area (Å²) in [4.78, 5) is 14.4. The molecule has 3 heterocycles. The number of benzene rings is 5. The lowest BCUT2D eigenvalue weighted by atomic mass is 9.86.